The van der Waals surface area contributed by atoms with E-state index < -0.39 is 0 Å². The lowest BCUT2D eigenvalue weighted by molar-refractivity contribution is 0.0240. The second kappa shape index (κ2) is 9.09. The van der Waals surface area contributed by atoms with Crippen LogP contribution in [0.15, 0.2) is 36.4 Å². The average molecular weight is 433 g/mol. The number of fused-ring (bicyclic) bond motifs is 1. The summed E-state index contributed by atoms with van der Waals surface area (Å²) in [5.41, 5.74) is 3.12. The Morgan fingerprint density at radius 3 is 2.86 bits per heavy atom. The summed E-state index contributed by atoms with van der Waals surface area (Å²) in [6.45, 7) is 1.82. The molecular weight excluding hydrogens is 412 g/mol. The van der Waals surface area contributed by atoms with E-state index >= 15 is 0 Å². The minimum absolute atomic E-state index is 0.197. The van der Waals surface area contributed by atoms with Crippen LogP contribution in [0.1, 0.15) is 34.0 Å². The van der Waals surface area contributed by atoms with E-state index in [1.54, 1.807) is 19.2 Å². The molecule has 1 unspecified atom stereocenters. The first-order valence-electron chi connectivity index (χ1n) is 9.32. The zero-order chi connectivity index (χ0) is 20.2. The molecule has 29 heavy (non-hydrogen) atoms. The van der Waals surface area contributed by atoms with Crippen LogP contribution in [0.2, 0.25) is 0 Å². The van der Waals surface area contributed by atoms with Crippen LogP contribution in [0.5, 0.6) is 5.75 Å². The van der Waals surface area contributed by atoms with Gasteiger partial charge in [-0.15, -0.1) is 11.6 Å². The van der Waals surface area contributed by atoms with Crippen molar-refractivity contribution in [2.45, 2.75) is 18.4 Å². The number of carbonyl (C=O) groups excluding carboxylic acids is 1. The van der Waals surface area contributed by atoms with E-state index in [0.29, 0.717) is 47.7 Å². The Labute approximate surface area is 177 Å². The minimum atomic E-state index is -0.218. The topological polar surface area (TPSA) is 69.7 Å². The first-order valence-corrected chi connectivity index (χ1v) is 10.7. The number of amides is 1. The predicted octanol–water partition coefficient (Wildman–Crippen LogP) is 4.77. The molecule has 1 saturated heterocycles. The molecule has 1 N–H and O–H groups in total. The molecule has 152 valence electrons. The first kappa shape index (κ1) is 20.1. The molecule has 4 rings (SSSR count). The van der Waals surface area contributed by atoms with Crippen LogP contribution in [-0.2, 0) is 15.4 Å². The Balaban J connectivity index is 1.60. The number of aromatic nitrogens is 1. The van der Waals surface area contributed by atoms with E-state index in [9.17, 15) is 4.79 Å². The Morgan fingerprint density at radius 1 is 1.28 bits per heavy atom. The fraction of sp³-hybridized carbons (Fsp3) is 0.333. The molecule has 1 amide bonds. The second-order valence-electron chi connectivity index (χ2n) is 6.63. The van der Waals surface area contributed by atoms with E-state index in [1.165, 1.54) is 11.3 Å². The molecule has 0 aliphatic carbocycles. The van der Waals surface area contributed by atoms with Gasteiger partial charge in [-0.2, -0.15) is 0 Å². The largest absolute Gasteiger partial charge is 0.494 e. The Kier molecular flexibility index (Phi) is 6.30. The van der Waals surface area contributed by atoms with E-state index in [1.807, 2.05) is 24.3 Å². The van der Waals surface area contributed by atoms with Crippen LogP contribution in [0.3, 0.4) is 0 Å². The molecule has 1 aromatic heterocycles. The number of carbonyl (C=O) groups is 1. The fourth-order valence-electron chi connectivity index (χ4n) is 3.23. The fourth-order valence-corrected chi connectivity index (χ4v) is 4.26. The summed E-state index contributed by atoms with van der Waals surface area (Å²) in [6.07, 6.45) is 0.678. The quantitative estimate of drug-likeness (QED) is 0.588. The maximum atomic E-state index is 12.6. The summed E-state index contributed by atoms with van der Waals surface area (Å²) in [7, 11) is 1.62. The lowest BCUT2D eigenvalue weighted by atomic mass is 10.1. The van der Waals surface area contributed by atoms with Gasteiger partial charge in [0, 0.05) is 30.2 Å². The van der Waals surface area contributed by atoms with Crippen LogP contribution in [0.4, 0.5) is 5.13 Å². The molecule has 2 aromatic carbocycles. The van der Waals surface area contributed by atoms with Crippen molar-refractivity contribution in [3.8, 4) is 5.75 Å². The number of ether oxygens (including phenoxy) is 3. The maximum absolute atomic E-state index is 12.6. The lowest BCUT2D eigenvalue weighted by Crippen LogP contribution is -2.11. The van der Waals surface area contributed by atoms with Gasteiger partial charge in [-0.05, 0) is 30.2 Å². The van der Waals surface area contributed by atoms with E-state index in [0.717, 1.165) is 22.2 Å². The number of alkyl halides is 1. The van der Waals surface area contributed by atoms with Gasteiger partial charge < -0.3 is 14.2 Å². The van der Waals surface area contributed by atoms with Gasteiger partial charge in [-0.25, -0.2) is 4.98 Å². The molecule has 8 heteroatoms. The summed E-state index contributed by atoms with van der Waals surface area (Å²) in [6, 6.07) is 11.1. The molecule has 1 atom stereocenters. The molecule has 0 saturated carbocycles. The molecule has 1 aliphatic rings. The first-order chi connectivity index (χ1) is 14.2. The van der Waals surface area contributed by atoms with Gasteiger partial charge in [0.15, 0.2) is 10.9 Å². The highest BCUT2D eigenvalue weighted by atomic mass is 35.5. The normalized spacial score (nSPS) is 17.1. The third-order valence-electron chi connectivity index (χ3n) is 4.71. The average Bonchev–Trinajstić information content (AvgIpc) is 2.97. The van der Waals surface area contributed by atoms with Crippen molar-refractivity contribution in [2.75, 3.05) is 32.2 Å². The summed E-state index contributed by atoms with van der Waals surface area (Å²) < 4.78 is 18.1. The Morgan fingerprint density at radius 2 is 2.10 bits per heavy atom. The minimum Gasteiger partial charge on any atom is -0.494 e. The number of nitrogens with zero attached hydrogens (tertiary/aromatic N) is 1. The van der Waals surface area contributed by atoms with E-state index in [2.05, 4.69) is 10.3 Å². The maximum Gasteiger partial charge on any atom is 0.257 e. The molecule has 0 radical (unpaired) electrons. The van der Waals surface area contributed by atoms with E-state index in [-0.39, 0.29) is 12.0 Å². The second-order valence-corrected chi connectivity index (χ2v) is 7.92. The highest BCUT2D eigenvalue weighted by Gasteiger charge is 2.23. The van der Waals surface area contributed by atoms with Gasteiger partial charge in [0.1, 0.15) is 11.6 Å². The number of benzene rings is 2. The van der Waals surface area contributed by atoms with Crippen LogP contribution < -0.4 is 10.1 Å². The van der Waals surface area contributed by atoms with Crippen molar-refractivity contribution in [1.82, 2.24) is 4.98 Å². The monoisotopic (exact) mass is 432 g/mol. The van der Waals surface area contributed by atoms with Crippen molar-refractivity contribution in [3.05, 3.63) is 53.1 Å². The van der Waals surface area contributed by atoms with Gasteiger partial charge in [0.25, 0.3) is 5.91 Å². The number of thiazole rings is 1. The summed E-state index contributed by atoms with van der Waals surface area (Å²) in [5, 5.41) is 3.38. The summed E-state index contributed by atoms with van der Waals surface area (Å²) in [4.78, 5) is 17.2. The molecule has 3 aromatic rings. The lowest BCUT2D eigenvalue weighted by Gasteiger charge is -2.18. The number of rotatable bonds is 5. The third-order valence-corrected chi connectivity index (χ3v) is 5.95. The summed E-state index contributed by atoms with van der Waals surface area (Å²) >= 11 is 7.20. The van der Waals surface area contributed by atoms with Crippen LogP contribution in [0, 0.1) is 0 Å². The number of methoxy groups -OCH3 is 1. The van der Waals surface area contributed by atoms with Gasteiger partial charge in [-0.1, -0.05) is 29.5 Å². The van der Waals surface area contributed by atoms with Crippen molar-refractivity contribution in [3.63, 3.8) is 0 Å². The summed E-state index contributed by atoms with van der Waals surface area (Å²) in [5.74, 6) is 0.851. The number of anilines is 1. The van der Waals surface area contributed by atoms with Gasteiger partial charge in [0.2, 0.25) is 0 Å². The van der Waals surface area contributed by atoms with Gasteiger partial charge in [0.05, 0.1) is 18.4 Å². The molecule has 0 spiro atoms. The zero-order valence-electron chi connectivity index (χ0n) is 15.9. The highest BCUT2D eigenvalue weighted by Crippen LogP contribution is 2.39. The van der Waals surface area contributed by atoms with E-state index in [4.69, 9.17) is 25.8 Å². The van der Waals surface area contributed by atoms with Crippen molar-refractivity contribution < 1.29 is 19.0 Å². The van der Waals surface area contributed by atoms with Crippen molar-refractivity contribution in [1.29, 1.82) is 0 Å². The third kappa shape index (κ3) is 4.38. The number of nitrogens with one attached hydrogen (secondary N) is 1. The zero-order valence-corrected chi connectivity index (χ0v) is 17.5. The molecule has 1 aliphatic heterocycles. The Bertz CT molecular complexity index is 998. The Hall–Kier alpha value is -2.19. The highest BCUT2D eigenvalue weighted by molar-refractivity contribution is 7.22. The van der Waals surface area contributed by atoms with Crippen LogP contribution >= 0.6 is 22.9 Å². The SMILES string of the molecule is COc1c(C2COCCCO2)ccc2sc(NC(=O)c3ccc(CCl)cc3)nc12. The molecule has 1 fully saturated rings. The van der Waals surface area contributed by atoms with Crippen LogP contribution in [0.25, 0.3) is 10.2 Å². The molecular formula is C21H21ClN2O4S. The van der Waals surface area contributed by atoms with Gasteiger partial charge >= 0.3 is 0 Å². The van der Waals surface area contributed by atoms with Crippen molar-refractivity contribution in [2.24, 2.45) is 0 Å². The van der Waals surface area contributed by atoms with Gasteiger partial charge in [-0.3, -0.25) is 10.1 Å². The van der Waals surface area contributed by atoms with Crippen LogP contribution in [-0.4, -0.2) is 37.8 Å². The number of hydrogen-bond acceptors (Lipinski definition) is 6. The van der Waals surface area contributed by atoms with Crippen molar-refractivity contribution >= 4 is 44.2 Å². The molecule has 2 heterocycles. The predicted molar refractivity (Wildman–Crippen MR) is 114 cm³/mol. The molecule has 0 bridgehead atoms. The standard InChI is InChI=1S/C21H21ClN2O4S/c1-26-19-15(16-12-27-9-2-10-28-16)7-8-17-18(19)23-21(29-17)24-20(25)14-5-3-13(11-22)4-6-14/h3-8,16H,2,9-12H2,1H3,(H,23,24,25). The molecule has 6 nitrogen and oxygen atoms in total. The number of halogens is 1. The number of hydrogen-bond donors (Lipinski definition) is 1. The smallest absolute Gasteiger partial charge is 0.257 e.